The molecule has 0 aliphatic heterocycles. The fourth-order valence-corrected chi connectivity index (χ4v) is 2.96. The first-order valence-electron chi connectivity index (χ1n) is 11.0. The number of ether oxygens (including phenoxy) is 1. The summed E-state index contributed by atoms with van der Waals surface area (Å²) in [6.45, 7) is 0.154. The van der Waals surface area contributed by atoms with Crippen LogP contribution in [0.4, 0.5) is 0 Å². The van der Waals surface area contributed by atoms with E-state index in [2.05, 4.69) is 10.6 Å². The van der Waals surface area contributed by atoms with Gasteiger partial charge in [0.25, 0.3) is 0 Å². The predicted octanol–water partition coefficient (Wildman–Crippen LogP) is 1.07. The van der Waals surface area contributed by atoms with Crippen LogP contribution in [0, 0.1) is 0 Å². The average Bonchev–Trinajstić information content (AvgIpc) is 2.80. The average molecular weight is 494 g/mol. The molecule has 2 atom stereocenters. The summed E-state index contributed by atoms with van der Waals surface area (Å²) in [5.41, 5.74) is 0.854. The second-order valence-electron chi connectivity index (χ2n) is 7.74. The highest BCUT2D eigenvalue weighted by atomic mass is 16.5. The molecule has 2 amide bonds. The molecule has 192 valence electrons. The molecule has 0 heterocycles. The second-order valence-corrected chi connectivity index (χ2v) is 7.74. The summed E-state index contributed by atoms with van der Waals surface area (Å²) in [7, 11) is 0. The number of carbonyl (C=O) groups is 6. The second kappa shape index (κ2) is 15.8. The number of amides is 2. The zero-order valence-corrected chi connectivity index (χ0v) is 19.1. The van der Waals surface area contributed by atoms with Crippen molar-refractivity contribution in [3.05, 3.63) is 35.9 Å². The van der Waals surface area contributed by atoms with Gasteiger partial charge in [0.05, 0.1) is 0 Å². The molecule has 0 aliphatic carbocycles. The van der Waals surface area contributed by atoms with Crippen molar-refractivity contribution >= 4 is 35.7 Å². The number of carboxylic acids is 3. The molecule has 0 spiro atoms. The Morgan fingerprint density at radius 1 is 0.714 bits per heavy atom. The van der Waals surface area contributed by atoms with Gasteiger partial charge in [-0.1, -0.05) is 30.3 Å². The highest BCUT2D eigenvalue weighted by molar-refractivity contribution is 5.86. The van der Waals surface area contributed by atoms with Crippen molar-refractivity contribution < 1.29 is 48.8 Å². The van der Waals surface area contributed by atoms with E-state index in [9.17, 15) is 33.9 Å². The van der Waals surface area contributed by atoms with Crippen molar-refractivity contribution in [3.63, 3.8) is 0 Å². The van der Waals surface area contributed by atoms with Crippen LogP contribution in [0.15, 0.2) is 30.3 Å². The first-order valence-corrected chi connectivity index (χ1v) is 11.0. The molecule has 0 saturated heterocycles. The van der Waals surface area contributed by atoms with Crippen LogP contribution in [0.1, 0.15) is 56.9 Å². The summed E-state index contributed by atoms with van der Waals surface area (Å²) >= 11 is 0. The molecular formula is C23H30N2O10. The topological polar surface area (TPSA) is 196 Å². The van der Waals surface area contributed by atoms with Gasteiger partial charge < -0.3 is 30.7 Å². The third kappa shape index (κ3) is 13.4. The molecule has 0 fully saturated rings. The smallest absolute Gasteiger partial charge is 0.326 e. The molecule has 1 aromatic carbocycles. The minimum Gasteiger partial charge on any atom is -0.481 e. The standard InChI is InChI=1S/C23H30N2O10/c26-18(8-4-5-9-21(30)35-14-15-6-2-1-3-7-15)24-16(22(31)32)10-12-19(27)25-17(23(33)34)11-13-20(28)29/h1-3,6-7,16-17H,4-5,8-14H2,(H,24,26)(H,25,27)(H,28,29)(H,31,32)(H,33,34)/t16-,17-/m0/s1. The van der Waals surface area contributed by atoms with Gasteiger partial charge in [0.2, 0.25) is 11.8 Å². The molecule has 0 bridgehead atoms. The summed E-state index contributed by atoms with van der Waals surface area (Å²) in [6, 6.07) is 6.36. The maximum absolute atomic E-state index is 12.0. The number of unbranched alkanes of at least 4 members (excludes halogenated alkanes) is 1. The monoisotopic (exact) mass is 494 g/mol. The number of carbonyl (C=O) groups excluding carboxylic acids is 3. The van der Waals surface area contributed by atoms with Crippen LogP contribution in [0.5, 0.6) is 0 Å². The van der Waals surface area contributed by atoms with Crippen LogP contribution in [-0.4, -0.2) is 63.1 Å². The van der Waals surface area contributed by atoms with Gasteiger partial charge in [0, 0.05) is 25.7 Å². The SMILES string of the molecule is O=C(O)CC[C@H](NC(=O)CC[C@H](NC(=O)CCCCC(=O)OCc1ccccc1)C(=O)O)C(=O)O. The quantitative estimate of drug-likeness (QED) is 0.154. The Bertz CT molecular complexity index is 888. The molecular weight excluding hydrogens is 464 g/mol. The van der Waals surface area contributed by atoms with Gasteiger partial charge in [-0.3, -0.25) is 19.2 Å². The van der Waals surface area contributed by atoms with Gasteiger partial charge in [0.15, 0.2) is 0 Å². The first-order chi connectivity index (χ1) is 16.6. The van der Waals surface area contributed by atoms with Gasteiger partial charge in [-0.2, -0.15) is 0 Å². The molecule has 12 heteroatoms. The molecule has 5 N–H and O–H groups in total. The third-order valence-corrected chi connectivity index (χ3v) is 4.85. The van der Waals surface area contributed by atoms with Crippen molar-refractivity contribution in [3.8, 4) is 0 Å². The fourth-order valence-electron chi connectivity index (χ4n) is 2.96. The molecule has 0 unspecified atom stereocenters. The van der Waals surface area contributed by atoms with E-state index in [1.807, 2.05) is 30.3 Å². The Morgan fingerprint density at radius 2 is 1.23 bits per heavy atom. The normalized spacial score (nSPS) is 12.1. The summed E-state index contributed by atoms with van der Waals surface area (Å²) in [5.74, 6) is -5.75. The van der Waals surface area contributed by atoms with Crippen molar-refractivity contribution in [1.82, 2.24) is 10.6 Å². The van der Waals surface area contributed by atoms with E-state index < -0.39 is 54.2 Å². The van der Waals surface area contributed by atoms with E-state index in [0.717, 1.165) is 5.56 Å². The van der Waals surface area contributed by atoms with Crippen molar-refractivity contribution in [1.29, 1.82) is 0 Å². The van der Waals surface area contributed by atoms with Crippen molar-refractivity contribution in [2.75, 3.05) is 0 Å². The molecule has 1 rings (SSSR count). The molecule has 0 aliphatic rings. The van der Waals surface area contributed by atoms with Gasteiger partial charge in [-0.05, 0) is 31.2 Å². The van der Waals surface area contributed by atoms with E-state index in [0.29, 0.717) is 12.8 Å². The molecule has 1 aromatic rings. The lowest BCUT2D eigenvalue weighted by molar-refractivity contribution is -0.145. The fraction of sp³-hybridized carbons (Fsp3) is 0.478. The van der Waals surface area contributed by atoms with Crippen LogP contribution < -0.4 is 10.6 Å². The lowest BCUT2D eigenvalue weighted by atomic mass is 10.1. The van der Waals surface area contributed by atoms with E-state index in [1.165, 1.54) is 0 Å². The zero-order valence-electron chi connectivity index (χ0n) is 19.1. The number of aliphatic carboxylic acids is 3. The van der Waals surface area contributed by atoms with E-state index in [4.69, 9.17) is 14.9 Å². The molecule has 35 heavy (non-hydrogen) atoms. The minimum absolute atomic E-state index is 0.0295. The Balaban J connectivity index is 2.32. The molecule has 12 nitrogen and oxygen atoms in total. The maximum atomic E-state index is 12.0. The molecule has 0 saturated carbocycles. The summed E-state index contributed by atoms with van der Waals surface area (Å²) < 4.78 is 5.13. The number of hydrogen-bond donors (Lipinski definition) is 5. The van der Waals surface area contributed by atoms with Crippen LogP contribution >= 0.6 is 0 Å². The Morgan fingerprint density at radius 3 is 1.77 bits per heavy atom. The zero-order chi connectivity index (χ0) is 26.2. The van der Waals surface area contributed by atoms with Crippen LogP contribution in [0.2, 0.25) is 0 Å². The largest absolute Gasteiger partial charge is 0.481 e. The molecule has 0 radical (unpaired) electrons. The Labute approximate surface area is 201 Å². The van der Waals surface area contributed by atoms with Gasteiger partial charge >= 0.3 is 23.9 Å². The van der Waals surface area contributed by atoms with Gasteiger partial charge in [-0.25, -0.2) is 9.59 Å². The highest BCUT2D eigenvalue weighted by Crippen LogP contribution is 2.07. The van der Waals surface area contributed by atoms with Gasteiger partial charge in [0.1, 0.15) is 18.7 Å². The van der Waals surface area contributed by atoms with E-state index in [-0.39, 0.29) is 38.7 Å². The molecule has 0 aromatic heterocycles. The lowest BCUT2D eigenvalue weighted by Gasteiger charge is -2.16. The Hall–Kier alpha value is -3.96. The number of benzene rings is 1. The van der Waals surface area contributed by atoms with Crippen molar-refractivity contribution in [2.24, 2.45) is 0 Å². The van der Waals surface area contributed by atoms with E-state index >= 15 is 0 Å². The highest BCUT2D eigenvalue weighted by Gasteiger charge is 2.24. The summed E-state index contributed by atoms with van der Waals surface area (Å²) in [5, 5.41) is 31.4. The van der Waals surface area contributed by atoms with Gasteiger partial charge in [-0.15, -0.1) is 0 Å². The summed E-state index contributed by atoms with van der Waals surface area (Å²) in [4.78, 5) is 68.9. The van der Waals surface area contributed by atoms with Crippen molar-refractivity contribution in [2.45, 2.75) is 70.1 Å². The van der Waals surface area contributed by atoms with Crippen LogP contribution in [0.25, 0.3) is 0 Å². The van der Waals surface area contributed by atoms with Crippen LogP contribution in [-0.2, 0) is 40.1 Å². The first kappa shape index (κ1) is 29.1. The number of rotatable bonds is 17. The minimum atomic E-state index is -1.42. The Kier molecular flexibility index (Phi) is 13.1. The lowest BCUT2D eigenvalue weighted by Crippen LogP contribution is -2.44. The maximum Gasteiger partial charge on any atom is 0.326 e. The van der Waals surface area contributed by atoms with E-state index in [1.54, 1.807) is 0 Å². The number of esters is 1. The number of nitrogens with one attached hydrogen (secondary N) is 2. The third-order valence-electron chi connectivity index (χ3n) is 4.85. The number of hydrogen-bond acceptors (Lipinski definition) is 7. The predicted molar refractivity (Wildman–Crippen MR) is 120 cm³/mol. The summed E-state index contributed by atoms with van der Waals surface area (Å²) in [6.07, 6.45) is -0.693. The number of carboxylic acid groups (broad SMARTS) is 3. The van der Waals surface area contributed by atoms with Crippen LogP contribution in [0.3, 0.4) is 0 Å².